The molecule has 7 nitrogen and oxygen atoms in total. The zero-order chi connectivity index (χ0) is 20.8. The number of hydrogen-bond donors (Lipinski definition) is 2. The number of piperidine rings is 1. The van der Waals surface area contributed by atoms with Crippen molar-refractivity contribution in [2.45, 2.75) is 30.7 Å². The Bertz CT molecular complexity index is 1100. The average molecular weight is 410 g/mol. The molecule has 2 N–H and O–H groups in total. The standard InChI is InChI=1S/C21H20F2N6O/c1-28(18-8-13-2-5-17(25-13)21(18)23)20-7-6-16(26-27-20)15-4-3-14(9-19(15)30)29-11-12(22)10-24-29/h2-7,9-11,13,17-18,21,25,30H,8H2,1H3/t13-,17+,18-,21+/m0/s1. The lowest BCUT2D eigenvalue weighted by Gasteiger charge is -2.38. The number of phenols is 1. The molecule has 9 heteroatoms. The first-order valence-electron chi connectivity index (χ1n) is 9.68. The van der Waals surface area contributed by atoms with Crippen LogP contribution < -0.4 is 10.2 Å². The number of anilines is 1. The van der Waals surface area contributed by atoms with E-state index in [1.165, 1.54) is 16.9 Å². The van der Waals surface area contributed by atoms with Crippen molar-refractivity contribution >= 4 is 5.82 Å². The van der Waals surface area contributed by atoms with Crippen LogP contribution in [0.2, 0.25) is 0 Å². The Labute approximate surface area is 171 Å². The van der Waals surface area contributed by atoms with E-state index in [2.05, 4.69) is 20.6 Å². The van der Waals surface area contributed by atoms with Gasteiger partial charge in [0.25, 0.3) is 0 Å². The van der Waals surface area contributed by atoms with Gasteiger partial charge in [-0.15, -0.1) is 10.2 Å². The minimum Gasteiger partial charge on any atom is -0.507 e. The van der Waals surface area contributed by atoms with Crippen molar-refractivity contribution in [3.8, 4) is 22.7 Å². The number of phenolic OH excluding ortho intramolecular Hbond substituents is 1. The first kappa shape index (κ1) is 18.7. The number of halogens is 2. The summed E-state index contributed by atoms with van der Waals surface area (Å²) in [6.45, 7) is 0. The molecule has 0 saturated carbocycles. The topological polar surface area (TPSA) is 79.1 Å². The highest BCUT2D eigenvalue weighted by molar-refractivity contribution is 5.69. The third kappa shape index (κ3) is 3.21. The number of alkyl halides is 1. The molecule has 1 aromatic carbocycles. The number of aromatic nitrogens is 4. The number of hydrogen-bond acceptors (Lipinski definition) is 6. The molecule has 1 fully saturated rings. The SMILES string of the molecule is CN(c1ccc(-c2ccc(-n3cc(F)cn3)cc2O)nn1)[C@H]1C[C@@H]2C=C[C@@H](N2)[C@H]1F. The van der Waals surface area contributed by atoms with Gasteiger partial charge < -0.3 is 15.3 Å². The van der Waals surface area contributed by atoms with Gasteiger partial charge in [0.2, 0.25) is 0 Å². The van der Waals surface area contributed by atoms with Crippen LogP contribution >= 0.6 is 0 Å². The molecule has 0 unspecified atom stereocenters. The number of rotatable bonds is 4. The summed E-state index contributed by atoms with van der Waals surface area (Å²) < 4.78 is 29.3. The van der Waals surface area contributed by atoms with Crippen LogP contribution in [0.5, 0.6) is 5.75 Å². The summed E-state index contributed by atoms with van der Waals surface area (Å²) in [7, 11) is 1.82. The molecule has 2 aliphatic rings. The lowest BCUT2D eigenvalue weighted by atomic mass is 9.95. The van der Waals surface area contributed by atoms with Crippen LogP contribution in [-0.4, -0.2) is 56.4 Å². The molecule has 4 heterocycles. The number of nitrogens with zero attached hydrogens (tertiary/aromatic N) is 5. The van der Waals surface area contributed by atoms with E-state index in [0.717, 1.165) is 6.20 Å². The van der Waals surface area contributed by atoms with Crippen LogP contribution in [-0.2, 0) is 0 Å². The van der Waals surface area contributed by atoms with Gasteiger partial charge in [-0.2, -0.15) is 5.10 Å². The predicted octanol–water partition coefficient (Wildman–Crippen LogP) is 2.62. The second-order valence-corrected chi connectivity index (χ2v) is 7.62. The molecule has 1 saturated heterocycles. The molecule has 154 valence electrons. The van der Waals surface area contributed by atoms with Gasteiger partial charge in [-0.1, -0.05) is 12.2 Å². The molecule has 0 spiro atoms. The summed E-state index contributed by atoms with van der Waals surface area (Å²) in [6.07, 6.45) is 5.85. The number of nitrogens with one attached hydrogen (secondary N) is 1. The van der Waals surface area contributed by atoms with E-state index in [4.69, 9.17) is 0 Å². The van der Waals surface area contributed by atoms with Crippen molar-refractivity contribution in [3.05, 3.63) is 60.7 Å². The quantitative estimate of drug-likeness (QED) is 0.644. The van der Waals surface area contributed by atoms with Gasteiger partial charge in [0.15, 0.2) is 11.6 Å². The van der Waals surface area contributed by atoms with Gasteiger partial charge in [-0.05, 0) is 30.7 Å². The Hall–Kier alpha value is -3.33. The molecular formula is C21H20F2N6O. The van der Waals surface area contributed by atoms with Gasteiger partial charge in [-0.25, -0.2) is 13.5 Å². The first-order chi connectivity index (χ1) is 14.5. The lowest BCUT2D eigenvalue weighted by Crippen LogP contribution is -2.56. The van der Waals surface area contributed by atoms with Crippen LogP contribution in [0.1, 0.15) is 6.42 Å². The van der Waals surface area contributed by atoms with E-state index in [-0.39, 0.29) is 23.9 Å². The van der Waals surface area contributed by atoms with Crippen molar-refractivity contribution < 1.29 is 13.9 Å². The van der Waals surface area contributed by atoms with Gasteiger partial charge >= 0.3 is 0 Å². The Kier molecular flexibility index (Phi) is 4.47. The summed E-state index contributed by atoms with van der Waals surface area (Å²) in [5.74, 6) is 0.0802. The van der Waals surface area contributed by atoms with Crippen LogP contribution in [0.4, 0.5) is 14.6 Å². The predicted molar refractivity (Wildman–Crippen MR) is 108 cm³/mol. The number of fused-ring (bicyclic) bond motifs is 2. The third-order valence-electron chi connectivity index (χ3n) is 5.75. The maximum Gasteiger partial charge on any atom is 0.161 e. The van der Waals surface area contributed by atoms with Crippen LogP contribution in [0, 0.1) is 5.82 Å². The maximum atomic E-state index is 14.8. The van der Waals surface area contributed by atoms with Crippen LogP contribution in [0.3, 0.4) is 0 Å². The Morgan fingerprint density at radius 3 is 2.77 bits per heavy atom. The fraction of sp³-hybridized carbons (Fsp3) is 0.286. The minimum absolute atomic E-state index is 0.0244. The highest BCUT2D eigenvalue weighted by Crippen LogP contribution is 2.32. The van der Waals surface area contributed by atoms with Crippen molar-refractivity contribution in [3.63, 3.8) is 0 Å². The molecule has 2 aliphatic heterocycles. The van der Waals surface area contributed by atoms with E-state index < -0.39 is 12.0 Å². The van der Waals surface area contributed by atoms with Crippen molar-refractivity contribution in [1.29, 1.82) is 0 Å². The molecule has 0 amide bonds. The van der Waals surface area contributed by atoms with Gasteiger partial charge in [0, 0.05) is 24.7 Å². The molecule has 0 aliphatic carbocycles. The van der Waals surface area contributed by atoms with Crippen molar-refractivity contribution in [1.82, 2.24) is 25.3 Å². The number of benzene rings is 1. The third-order valence-corrected chi connectivity index (χ3v) is 5.75. The minimum atomic E-state index is -1.03. The monoisotopic (exact) mass is 410 g/mol. The Morgan fingerprint density at radius 1 is 1.20 bits per heavy atom. The van der Waals surface area contributed by atoms with Gasteiger partial charge in [-0.3, -0.25) is 0 Å². The number of aromatic hydroxyl groups is 1. The van der Waals surface area contributed by atoms with Crippen molar-refractivity contribution in [2.75, 3.05) is 11.9 Å². The zero-order valence-electron chi connectivity index (χ0n) is 16.2. The fourth-order valence-electron chi connectivity index (χ4n) is 4.11. The van der Waals surface area contributed by atoms with E-state index in [0.29, 0.717) is 29.2 Å². The maximum absolute atomic E-state index is 14.8. The van der Waals surface area contributed by atoms with Crippen LogP contribution in [0.15, 0.2) is 54.9 Å². The Balaban J connectivity index is 1.36. The summed E-state index contributed by atoms with van der Waals surface area (Å²) in [6, 6.07) is 7.99. The first-order valence-corrected chi connectivity index (χ1v) is 9.68. The van der Waals surface area contributed by atoms with Gasteiger partial charge in [0.05, 0.1) is 35.9 Å². The van der Waals surface area contributed by atoms with Gasteiger partial charge in [0.1, 0.15) is 11.9 Å². The molecule has 3 aromatic rings. The molecule has 5 rings (SSSR count). The summed E-state index contributed by atoms with van der Waals surface area (Å²) >= 11 is 0. The normalized spacial score (nSPS) is 24.9. The molecule has 2 aromatic heterocycles. The van der Waals surface area contributed by atoms with Crippen LogP contribution in [0.25, 0.3) is 16.9 Å². The van der Waals surface area contributed by atoms with E-state index in [9.17, 15) is 13.9 Å². The van der Waals surface area contributed by atoms with E-state index in [1.54, 1.807) is 24.3 Å². The summed E-state index contributed by atoms with van der Waals surface area (Å²) in [5, 5.41) is 26.0. The molecule has 4 atom stereocenters. The van der Waals surface area contributed by atoms with E-state index >= 15 is 0 Å². The summed E-state index contributed by atoms with van der Waals surface area (Å²) in [4.78, 5) is 1.82. The largest absolute Gasteiger partial charge is 0.507 e. The molecular weight excluding hydrogens is 390 g/mol. The second kappa shape index (κ2) is 7.17. The molecule has 0 radical (unpaired) electrons. The van der Waals surface area contributed by atoms with Crippen molar-refractivity contribution in [2.24, 2.45) is 0 Å². The Morgan fingerprint density at radius 2 is 2.07 bits per heavy atom. The average Bonchev–Trinajstić information content (AvgIpc) is 3.37. The zero-order valence-corrected chi connectivity index (χ0v) is 16.2. The lowest BCUT2D eigenvalue weighted by molar-refractivity contribution is 0.187. The highest BCUT2D eigenvalue weighted by Gasteiger charge is 2.41. The molecule has 2 bridgehead atoms. The van der Waals surface area contributed by atoms with E-state index in [1.807, 2.05) is 24.1 Å². The second-order valence-electron chi connectivity index (χ2n) is 7.62. The highest BCUT2D eigenvalue weighted by atomic mass is 19.1. The molecule has 30 heavy (non-hydrogen) atoms. The summed E-state index contributed by atoms with van der Waals surface area (Å²) in [5.41, 5.74) is 1.49. The fourth-order valence-corrected chi connectivity index (χ4v) is 4.11. The smallest absolute Gasteiger partial charge is 0.161 e.